The first kappa shape index (κ1) is 12.9. The molecule has 1 atom stereocenters. The molecule has 0 saturated heterocycles. The number of fused-ring (bicyclic) bond motifs is 1. The Balaban J connectivity index is 2.80. The predicted octanol–water partition coefficient (Wildman–Crippen LogP) is 3.16. The highest BCUT2D eigenvalue weighted by atomic mass is 16.5. The second-order valence-corrected chi connectivity index (χ2v) is 5.72. The predicted molar refractivity (Wildman–Crippen MR) is 70.4 cm³/mol. The maximum absolute atomic E-state index is 11.9. The molecule has 1 heterocycles. The molecule has 3 nitrogen and oxygen atoms in total. The van der Waals surface area contributed by atoms with Gasteiger partial charge in [-0.05, 0) is 58.2 Å². The summed E-state index contributed by atoms with van der Waals surface area (Å²) in [6.45, 7) is 11.1. The Morgan fingerprint density at radius 2 is 1.72 bits per heavy atom. The number of carbonyl (C=O) groups excluding carboxylic acids is 1. The van der Waals surface area contributed by atoms with Crippen molar-refractivity contribution in [2.45, 2.75) is 53.1 Å². The van der Waals surface area contributed by atoms with E-state index in [1.54, 1.807) is 6.92 Å². The lowest BCUT2D eigenvalue weighted by molar-refractivity contribution is -0.121. The first-order valence-corrected chi connectivity index (χ1v) is 6.20. The molecule has 0 amide bonds. The molecule has 3 heteroatoms. The quantitative estimate of drug-likeness (QED) is 0.830. The molecule has 1 aromatic carbocycles. The Morgan fingerprint density at radius 1 is 1.17 bits per heavy atom. The summed E-state index contributed by atoms with van der Waals surface area (Å²) in [5.74, 6) is 0.814. The van der Waals surface area contributed by atoms with Crippen LogP contribution in [0, 0.1) is 20.8 Å². The van der Waals surface area contributed by atoms with E-state index < -0.39 is 5.60 Å². The minimum atomic E-state index is -0.552. The average molecular weight is 248 g/mol. The van der Waals surface area contributed by atoms with Crippen LogP contribution in [0.1, 0.15) is 48.9 Å². The highest BCUT2D eigenvalue weighted by molar-refractivity contribution is 5.88. The lowest BCUT2D eigenvalue weighted by Crippen LogP contribution is -2.34. The van der Waals surface area contributed by atoms with Crippen LogP contribution in [0.25, 0.3) is 0 Å². The van der Waals surface area contributed by atoms with Crippen LogP contribution in [-0.2, 0) is 4.79 Å². The van der Waals surface area contributed by atoms with Crippen LogP contribution in [0.3, 0.4) is 0 Å². The van der Waals surface area contributed by atoms with E-state index in [2.05, 4.69) is 0 Å². The van der Waals surface area contributed by atoms with E-state index in [1.165, 1.54) is 0 Å². The molecule has 98 valence electrons. The summed E-state index contributed by atoms with van der Waals surface area (Å²) in [6.07, 6.45) is 0. The molecule has 1 aromatic rings. The Bertz CT molecular complexity index is 541. The first-order valence-electron chi connectivity index (χ1n) is 6.20. The van der Waals surface area contributed by atoms with E-state index in [4.69, 9.17) is 4.74 Å². The van der Waals surface area contributed by atoms with Crippen LogP contribution < -0.4 is 4.74 Å². The highest BCUT2D eigenvalue weighted by Gasteiger charge is 2.46. The van der Waals surface area contributed by atoms with E-state index in [-0.39, 0.29) is 17.5 Å². The number of hydrogen-bond acceptors (Lipinski definition) is 3. The minimum absolute atomic E-state index is 0.0736. The van der Waals surface area contributed by atoms with Crippen molar-refractivity contribution in [1.82, 2.24) is 0 Å². The molecular weight excluding hydrogens is 228 g/mol. The summed E-state index contributed by atoms with van der Waals surface area (Å²) < 4.78 is 5.98. The summed E-state index contributed by atoms with van der Waals surface area (Å²) in [5.41, 5.74) is 2.81. The lowest BCUT2D eigenvalue weighted by Gasteiger charge is -2.24. The van der Waals surface area contributed by atoms with Gasteiger partial charge in [0.05, 0.1) is 5.92 Å². The maximum atomic E-state index is 11.9. The van der Waals surface area contributed by atoms with Gasteiger partial charge in [0.25, 0.3) is 0 Å². The van der Waals surface area contributed by atoms with Gasteiger partial charge in [-0.1, -0.05) is 0 Å². The Kier molecular flexibility index (Phi) is 2.69. The molecule has 2 rings (SSSR count). The van der Waals surface area contributed by atoms with Crippen LogP contribution in [-0.4, -0.2) is 16.5 Å². The molecular formula is C15H20O3. The van der Waals surface area contributed by atoms with Gasteiger partial charge in [0.2, 0.25) is 0 Å². The number of ketones is 1. The number of benzene rings is 1. The number of Topliss-reactive ketones (excluding diaryl/α,β-unsaturated/α-hetero) is 1. The van der Waals surface area contributed by atoms with E-state index >= 15 is 0 Å². The van der Waals surface area contributed by atoms with Crippen molar-refractivity contribution >= 4 is 5.78 Å². The SMILES string of the molecule is CC(=O)[C@H]1c2c(C)c(O)c(C)c(C)c2OC1(C)C. The fourth-order valence-electron chi connectivity index (χ4n) is 2.97. The summed E-state index contributed by atoms with van der Waals surface area (Å²) in [5, 5.41) is 10.2. The third-order valence-electron chi connectivity index (χ3n) is 4.02. The molecule has 0 unspecified atom stereocenters. The van der Waals surface area contributed by atoms with Crippen molar-refractivity contribution < 1.29 is 14.6 Å². The van der Waals surface area contributed by atoms with Crippen LogP contribution in [0.4, 0.5) is 0 Å². The fraction of sp³-hybridized carbons (Fsp3) is 0.533. The van der Waals surface area contributed by atoms with Crippen LogP contribution in [0.2, 0.25) is 0 Å². The largest absolute Gasteiger partial charge is 0.507 e. The van der Waals surface area contributed by atoms with E-state index in [0.717, 1.165) is 28.0 Å². The van der Waals surface area contributed by atoms with Gasteiger partial charge in [0.15, 0.2) is 0 Å². The Labute approximate surface area is 108 Å². The number of aromatic hydroxyl groups is 1. The van der Waals surface area contributed by atoms with E-state index in [0.29, 0.717) is 0 Å². The third kappa shape index (κ3) is 1.53. The zero-order valence-corrected chi connectivity index (χ0v) is 11.8. The van der Waals surface area contributed by atoms with Gasteiger partial charge in [-0.3, -0.25) is 4.79 Å². The third-order valence-corrected chi connectivity index (χ3v) is 4.02. The summed E-state index contributed by atoms with van der Waals surface area (Å²) >= 11 is 0. The van der Waals surface area contributed by atoms with Crippen LogP contribution in [0.5, 0.6) is 11.5 Å². The molecule has 1 aliphatic heterocycles. The lowest BCUT2D eigenvalue weighted by atomic mass is 9.81. The second kappa shape index (κ2) is 3.74. The van der Waals surface area contributed by atoms with Crippen molar-refractivity contribution in [3.63, 3.8) is 0 Å². The topological polar surface area (TPSA) is 46.5 Å². The van der Waals surface area contributed by atoms with Crippen molar-refractivity contribution in [3.8, 4) is 11.5 Å². The number of carbonyl (C=O) groups is 1. The fourth-order valence-corrected chi connectivity index (χ4v) is 2.97. The first-order chi connectivity index (χ1) is 8.18. The molecule has 1 aliphatic rings. The minimum Gasteiger partial charge on any atom is -0.507 e. The molecule has 0 aromatic heterocycles. The number of rotatable bonds is 1. The van der Waals surface area contributed by atoms with Gasteiger partial charge < -0.3 is 9.84 Å². The second-order valence-electron chi connectivity index (χ2n) is 5.72. The van der Waals surface area contributed by atoms with Gasteiger partial charge in [-0.15, -0.1) is 0 Å². The van der Waals surface area contributed by atoms with Gasteiger partial charge in [-0.2, -0.15) is 0 Å². The summed E-state index contributed by atoms with van der Waals surface area (Å²) in [6, 6.07) is 0. The van der Waals surface area contributed by atoms with E-state index in [9.17, 15) is 9.90 Å². The number of hydrogen-bond donors (Lipinski definition) is 1. The van der Waals surface area contributed by atoms with Crippen molar-refractivity contribution in [2.24, 2.45) is 0 Å². The standard InChI is InChI=1S/C15H20O3/c1-7-8(2)14-11(9(3)13(7)17)12(10(4)16)15(5,6)18-14/h12,17H,1-6H3/t12-/m0/s1. The van der Waals surface area contributed by atoms with Crippen LogP contribution >= 0.6 is 0 Å². The van der Waals surface area contributed by atoms with Gasteiger partial charge >= 0.3 is 0 Å². The Morgan fingerprint density at radius 3 is 2.22 bits per heavy atom. The van der Waals surface area contributed by atoms with E-state index in [1.807, 2.05) is 34.6 Å². The van der Waals surface area contributed by atoms with Crippen molar-refractivity contribution in [2.75, 3.05) is 0 Å². The average Bonchev–Trinajstić information content (AvgIpc) is 2.55. The van der Waals surface area contributed by atoms with Crippen molar-refractivity contribution in [3.05, 3.63) is 22.3 Å². The normalized spacial score (nSPS) is 20.4. The zero-order valence-electron chi connectivity index (χ0n) is 11.8. The molecule has 18 heavy (non-hydrogen) atoms. The highest BCUT2D eigenvalue weighted by Crippen LogP contribution is 2.51. The monoisotopic (exact) mass is 248 g/mol. The number of phenols is 1. The van der Waals surface area contributed by atoms with Gasteiger partial charge in [0, 0.05) is 5.56 Å². The molecule has 0 fully saturated rings. The smallest absolute Gasteiger partial charge is 0.141 e. The molecule has 1 N–H and O–H groups in total. The molecule has 0 saturated carbocycles. The van der Waals surface area contributed by atoms with Crippen molar-refractivity contribution in [1.29, 1.82) is 0 Å². The molecule has 0 spiro atoms. The summed E-state index contributed by atoms with van der Waals surface area (Å²) in [4.78, 5) is 11.9. The Hall–Kier alpha value is -1.51. The molecule has 0 radical (unpaired) electrons. The number of ether oxygens (including phenoxy) is 1. The molecule has 0 bridgehead atoms. The van der Waals surface area contributed by atoms with Gasteiger partial charge in [-0.25, -0.2) is 0 Å². The summed E-state index contributed by atoms with van der Waals surface area (Å²) in [7, 11) is 0. The maximum Gasteiger partial charge on any atom is 0.141 e. The molecule has 0 aliphatic carbocycles. The van der Waals surface area contributed by atoms with Crippen LogP contribution in [0.15, 0.2) is 0 Å². The zero-order chi connectivity index (χ0) is 13.8. The number of phenolic OH excluding ortho intramolecular Hbond substituents is 1. The van der Waals surface area contributed by atoms with Gasteiger partial charge in [0.1, 0.15) is 22.9 Å².